The Labute approximate surface area is 169 Å². The highest BCUT2D eigenvalue weighted by molar-refractivity contribution is 6.33. The molecule has 146 valence electrons. The minimum Gasteiger partial charge on any atom is -0.506 e. The lowest BCUT2D eigenvalue weighted by Crippen LogP contribution is -3.15. The summed E-state index contributed by atoms with van der Waals surface area (Å²) in [5.41, 5.74) is 2.35. The van der Waals surface area contributed by atoms with Crippen LogP contribution < -0.4 is 10.5 Å². The first-order valence-corrected chi connectivity index (χ1v) is 10.3. The fourth-order valence-corrected chi connectivity index (χ4v) is 4.66. The number of likely N-dealkylation sites (tertiary alicyclic amines) is 1. The highest BCUT2D eigenvalue weighted by Crippen LogP contribution is 2.38. The molecular weight excluding hydrogens is 374 g/mol. The second-order valence-corrected chi connectivity index (χ2v) is 8.00. The van der Waals surface area contributed by atoms with E-state index in [9.17, 15) is 9.90 Å². The number of nitrogens with one attached hydrogen (secondary N) is 1. The molecule has 1 aliphatic rings. The Bertz CT molecular complexity index is 1050. The predicted molar refractivity (Wildman–Crippen MR) is 112 cm³/mol. The second kappa shape index (κ2) is 7.98. The molecule has 1 aromatic heterocycles. The lowest BCUT2D eigenvalue weighted by Gasteiger charge is -2.32. The largest absolute Gasteiger partial charge is 0.506 e. The number of hydrogen-bond acceptors (Lipinski definition) is 3. The van der Waals surface area contributed by atoms with Gasteiger partial charge in [0.1, 0.15) is 12.3 Å². The summed E-state index contributed by atoms with van der Waals surface area (Å²) in [5.74, 6) is 0.0236. The lowest BCUT2D eigenvalue weighted by molar-refractivity contribution is -0.944. The normalized spacial score (nSPS) is 19.8. The van der Waals surface area contributed by atoms with E-state index in [0.29, 0.717) is 23.7 Å². The van der Waals surface area contributed by atoms with E-state index in [0.717, 1.165) is 29.5 Å². The zero-order chi connectivity index (χ0) is 19.7. The van der Waals surface area contributed by atoms with Crippen LogP contribution in [-0.4, -0.2) is 17.7 Å². The van der Waals surface area contributed by atoms with Crippen molar-refractivity contribution in [1.82, 2.24) is 0 Å². The summed E-state index contributed by atoms with van der Waals surface area (Å²) >= 11 is 6.40. The number of aromatic hydroxyl groups is 1. The molecule has 1 saturated heterocycles. The third kappa shape index (κ3) is 3.54. The summed E-state index contributed by atoms with van der Waals surface area (Å²) in [6.45, 7) is 3.86. The number of hydrogen-bond donors (Lipinski definition) is 2. The second-order valence-electron chi connectivity index (χ2n) is 7.59. The number of phenols is 1. The minimum atomic E-state index is -0.421. The molecule has 0 bridgehead atoms. The monoisotopic (exact) mass is 398 g/mol. The van der Waals surface area contributed by atoms with Crippen LogP contribution in [0, 0.1) is 0 Å². The molecule has 2 N–H and O–H groups in total. The van der Waals surface area contributed by atoms with Gasteiger partial charge in [-0.05, 0) is 42.9 Å². The third-order valence-electron chi connectivity index (χ3n) is 5.92. The molecule has 1 fully saturated rings. The van der Waals surface area contributed by atoms with Gasteiger partial charge in [-0.2, -0.15) is 0 Å². The van der Waals surface area contributed by atoms with Crippen molar-refractivity contribution in [2.45, 2.75) is 45.2 Å². The van der Waals surface area contributed by atoms with Crippen LogP contribution in [0.1, 0.15) is 38.2 Å². The highest BCUT2D eigenvalue weighted by Gasteiger charge is 2.28. The number of phenolic OH excluding ortho intramolecular Hbond substituents is 1. The van der Waals surface area contributed by atoms with Crippen LogP contribution in [0.4, 0.5) is 0 Å². The van der Waals surface area contributed by atoms with Crippen molar-refractivity contribution in [2.75, 3.05) is 6.54 Å². The highest BCUT2D eigenvalue weighted by atomic mass is 35.5. The molecule has 0 amide bonds. The van der Waals surface area contributed by atoms with Crippen LogP contribution in [0.5, 0.6) is 5.75 Å². The molecule has 2 atom stereocenters. The van der Waals surface area contributed by atoms with Gasteiger partial charge in [0.2, 0.25) is 0 Å². The van der Waals surface area contributed by atoms with Crippen LogP contribution in [-0.2, 0) is 6.54 Å². The van der Waals surface area contributed by atoms with Crippen molar-refractivity contribution >= 4 is 22.6 Å². The zero-order valence-electron chi connectivity index (χ0n) is 16.0. The SMILES string of the molecule is CC[C@@H]1CCCC[NH+]1Cc1c(O)c(Cl)cc2c(-c3ccccc3)cc(=O)oc12. The van der Waals surface area contributed by atoms with Crippen LogP contribution in [0.15, 0.2) is 51.7 Å². The van der Waals surface area contributed by atoms with Crippen molar-refractivity contribution in [3.63, 3.8) is 0 Å². The summed E-state index contributed by atoms with van der Waals surface area (Å²) in [7, 11) is 0. The molecule has 0 spiro atoms. The molecule has 3 aromatic rings. The molecule has 1 unspecified atom stereocenters. The average molecular weight is 399 g/mol. The first-order valence-electron chi connectivity index (χ1n) is 9.96. The van der Waals surface area contributed by atoms with Gasteiger partial charge in [-0.3, -0.25) is 0 Å². The van der Waals surface area contributed by atoms with Crippen LogP contribution >= 0.6 is 11.6 Å². The molecule has 4 rings (SSSR count). The maximum Gasteiger partial charge on any atom is 0.336 e. The van der Waals surface area contributed by atoms with Gasteiger partial charge in [0.25, 0.3) is 0 Å². The summed E-state index contributed by atoms with van der Waals surface area (Å²) in [5, 5.41) is 11.8. The van der Waals surface area contributed by atoms with Gasteiger partial charge in [0, 0.05) is 11.5 Å². The zero-order valence-corrected chi connectivity index (χ0v) is 16.8. The summed E-state index contributed by atoms with van der Waals surface area (Å²) in [6.07, 6.45) is 4.69. The lowest BCUT2D eigenvalue weighted by atomic mass is 9.97. The molecule has 2 heterocycles. The van der Waals surface area contributed by atoms with Crippen LogP contribution in [0.25, 0.3) is 22.1 Å². The Morgan fingerprint density at radius 1 is 1.21 bits per heavy atom. The van der Waals surface area contributed by atoms with E-state index in [1.165, 1.54) is 30.2 Å². The number of fused-ring (bicyclic) bond motifs is 1. The number of rotatable bonds is 4. The fourth-order valence-electron chi connectivity index (χ4n) is 4.44. The van der Waals surface area contributed by atoms with Crippen molar-refractivity contribution < 1.29 is 14.4 Å². The smallest absolute Gasteiger partial charge is 0.336 e. The molecule has 5 heteroatoms. The Balaban J connectivity index is 1.90. The quantitative estimate of drug-likeness (QED) is 0.648. The molecular formula is C23H25ClNO3+. The van der Waals surface area contributed by atoms with Gasteiger partial charge < -0.3 is 14.4 Å². The van der Waals surface area contributed by atoms with E-state index in [-0.39, 0.29) is 10.8 Å². The fraction of sp³-hybridized carbons (Fsp3) is 0.348. The maximum atomic E-state index is 12.4. The maximum absolute atomic E-state index is 12.4. The van der Waals surface area contributed by atoms with E-state index in [2.05, 4.69) is 6.92 Å². The van der Waals surface area contributed by atoms with E-state index in [1.54, 1.807) is 6.07 Å². The van der Waals surface area contributed by atoms with E-state index in [1.807, 2.05) is 30.3 Å². The van der Waals surface area contributed by atoms with Gasteiger partial charge in [0.05, 0.1) is 23.2 Å². The van der Waals surface area contributed by atoms with Crippen molar-refractivity contribution in [3.05, 3.63) is 63.5 Å². The van der Waals surface area contributed by atoms with Crippen molar-refractivity contribution in [3.8, 4) is 16.9 Å². The Hall–Kier alpha value is -2.30. The summed E-state index contributed by atoms with van der Waals surface area (Å²) in [4.78, 5) is 13.8. The van der Waals surface area contributed by atoms with Gasteiger partial charge in [-0.25, -0.2) is 4.79 Å². The first-order chi connectivity index (χ1) is 13.6. The number of halogens is 1. The Kier molecular flexibility index (Phi) is 5.42. The Morgan fingerprint density at radius 2 is 2.00 bits per heavy atom. The standard InChI is InChI=1S/C23H24ClNO3/c1-2-16-10-6-7-11-25(16)14-19-22(27)20(24)12-18-17(13-21(26)28-23(18)19)15-8-4-3-5-9-15/h3-5,8-9,12-13,16,27H,2,6-7,10-11,14H2,1H3/p+1/t16-/m1/s1. The molecule has 0 saturated carbocycles. The van der Waals surface area contributed by atoms with Gasteiger partial charge >= 0.3 is 5.63 Å². The van der Waals surface area contributed by atoms with Crippen molar-refractivity contribution in [2.24, 2.45) is 0 Å². The minimum absolute atomic E-state index is 0.0236. The summed E-state index contributed by atoms with van der Waals surface area (Å²) < 4.78 is 5.61. The predicted octanol–water partition coefficient (Wildman–Crippen LogP) is 4.17. The summed E-state index contributed by atoms with van der Waals surface area (Å²) in [6, 6.07) is 13.5. The van der Waals surface area contributed by atoms with Crippen LogP contribution in [0.2, 0.25) is 5.02 Å². The molecule has 4 nitrogen and oxygen atoms in total. The molecule has 28 heavy (non-hydrogen) atoms. The van der Waals surface area contributed by atoms with E-state index < -0.39 is 5.63 Å². The van der Waals surface area contributed by atoms with Gasteiger partial charge in [0.15, 0.2) is 5.58 Å². The van der Waals surface area contributed by atoms with Gasteiger partial charge in [-0.15, -0.1) is 0 Å². The topological polar surface area (TPSA) is 54.9 Å². The first kappa shape index (κ1) is 19.0. The number of benzene rings is 2. The Morgan fingerprint density at radius 3 is 2.75 bits per heavy atom. The van der Waals surface area contributed by atoms with E-state index >= 15 is 0 Å². The molecule has 1 aliphatic heterocycles. The average Bonchev–Trinajstić information content (AvgIpc) is 2.72. The molecule has 0 radical (unpaired) electrons. The van der Waals surface area contributed by atoms with Gasteiger partial charge in [-0.1, -0.05) is 48.9 Å². The number of piperidine rings is 1. The van der Waals surface area contributed by atoms with Crippen molar-refractivity contribution in [1.29, 1.82) is 0 Å². The van der Waals surface area contributed by atoms with E-state index in [4.69, 9.17) is 16.0 Å². The third-order valence-corrected chi connectivity index (χ3v) is 6.20. The molecule has 2 aromatic carbocycles. The van der Waals surface area contributed by atoms with Crippen LogP contribution in [0.3, 0.4) is 0 Å². The molecule has 0 aliphatic carbocycles. The number of quaternary nitrogens is 1.